The van der Waals surface area contributed by atoms with Crippen LogP contribution >= 0.6 is 0 Å². The van der Waals surface area contributed by atoms with E-state index in [2.05, 4.69) is 33.5 Å². The Hall–Kier alpha value is -5.36. The van der Waals surface area contributed by atoms with Crippen LogP contribution in [0.1, 0.15) is 55.8 Å². The summed E-state index contributed by atoms with van der Waals surface area (Å²) in [6, 6.07) is 24.0. The van der Waals surface area contributed by atoms with E-state index in [9.17, 15) is 14.9 Å². The molecule has 0 saturated heterocycles. The van der Waals surface area contributed by atoms with Crippen LogP contribution in [0.3, 0.4) is 0 Å². The Morgan fingerprint density at radius 2 is 1.76 bits per heavy atom. The first-order valence-corrected chi connectivity index (χ1v) is 15.8. The van der Waals surface area contributed by atoms with Crippen molar-refractivity contribution in [1.29, 1.82) is 5.26 Å². The van der Waals surface area contributed by atoms with Crippen molar-refractivity contribution in [2.45, 2.75) is 57.5 Å². The Morgan fingerprint density at radius 1 is 1.02 bits per heavy atom. The van der Waals surface area contributed by atoms with Gasteiger partial charge in [-0.05, 0) is 80.0 Å². The Balaban J connectivity index is 1.17. The highest BCUT2D eigenvalue weighted by atomic mass is 16.2. The molecule has 2 aliphatic rings. The number of pyridine rings is 1. The molecule has 0 unspecified atom stereocenters. The van der Waals surface area contributed by atoms with Crippen molar-refractivity contribution in [1.82, 2.24) is 14.5 Å². The summed E-state index contributed by atoms with van der Waals surface area (Å²) in [5.74, 6) is 0.616. The Labute approximate surface area is 269 Å². The van der Waals surface area contributed by atoms with E-state index in [1.807, 2.05) is 72.6 Å². The van der Waals surface area contributed by atoms with Crippen LogP contribution < -0.4 is 15.8 Å². The number of nitrogens with zero attached hydrogens (tertiary/aromatic N) is 6. The number of carbonyl (C=O) groups is 1. The van der Waals surface area contributed by atoms with E-state index < -0.39 is 0 Å². The number of amides is 1. The summed E-state index contributed by atoms with van der Waals surface area (Å²) in [7, 11) is 1.74. The Morgan fingerprint density at radius 3 is 2.43 bits per heavy atom. The molecule has 1 aliphatic heterocycles. The highest BCUT2D eigenvalue weighted by molar-refractivity contribution is 6.03. The van der Waals surface area contributed by atoms with Crippen molar-refractivity contribution in [3.8, 4) is 17.2 Å². The lowest BCUT2D eigenvalue weighted by Gasteiger charge is -2.37. The first-order chi connectivity index (χ1) is 22.4. The van der Waals surface area contributed by atoms with Gasteiger partial charge in [0.1, 0.15) is 6.07 Å². The van der Waals surface area contributed by atoms with Crippen molar-refractivity contribution < 1.29 is 4.79 Å². The highest BCUT2D eigenvalue weighted by Crippen LogP contribution is 2.32. The van der Waals surface area contributed by atoms with Gasteiger partial charge in [0, 0.05) is 54.8 Å². The number of aromatic nitrogens is 3. The first-order valence-electron chi connectivity index (χ1n) is 15.8. The molecule has 4 aromatic rings. The van der Waals surface area contributed by atoms with Gasteiger partial charge in [-0.15, -0.1) is 0 Å². The second-order valence-electron chi connectivity index (χ2n) is 12.0. The number of aryl methyl sites for hydroxylation is 2. The van der Waals surface area contributed by atoms with Crippen LogP contribution in [-0.4, -0.2) is 44.8 Å². The molecular weight excluding hydrogens is 574 g/mol. The largest absolute Gasteiger partial charge is 0.351 e. The molecule has 9 nitrogen and oxygen atoms in total. The number of nitriles is 1. The first kappa shape index (κ1) is 30.7. The topological polar surface area (TPSA) is 116 Å². The fourth-order valence-electron chi connectivity index (χ4n) is 6.29. The minimum Gasteiger partial charge on any atom is -0.351 e. The number of allylic oxidation sites excluding steroid dienone is 1. The quantitative estimate of drug-likeness (QED) is 0.250. The maximum absolute atomic E-state index is 13.9. The molecule has 1 aliphatic carbocycles. The normalized spacial score (nSPS) is 17.5. The summed E-state index contributed by atoms with van der Waals surface area (Å²) in [4.78, 5) is 41.3. The second kappa shape index (κ2) is 13.7. The van der Waals surface area contributed by atoms with Crippen LogP contribution in [-0.2, 0) is 18.3 Å². The number of anilines is 2. The molecule has 2 aromatic carbocycles. The van der Waals surface area contributed by atoms with Crippen molar-refractivity contribution in [2.24, 2.45) is 12.0 Å². The summed E-state index contributed by atoms with van der Waals surface area (Å²) in [6.07, 6.45) is 9.85. The van der Waals surface area contributed by atoms with Gasteiger partial charge in [0.15, 0.2) is 0 Å². The zero-order valence-electron chi connectivity index (χ0n) is 26.2. The van der Waals surface area contributed by atoms with Crippen LogP contribution in [0.2, 0.25) is 0 Å². The average molecular weight is 612 g/mol. The number of carbonyl (C=O) groups excluding carboxylic acids is 1. The molecule has 0 radical (unpaired) electrons. The fraction of sp³-hybridized carbons (Fsp3) is 0.297. The summed E-state index contributed by atoms with van der Waals surface area (Å²) in [6.45, 7) is 2.46. The maximum atomic E-state index is 13.9. The summed E-state index contributed by atoms with van der Waals surface area (Å²) >= 11 is 0. The van der Waals surface area contributed by atoms with E-state index in [1.54, 1.807) is 23.9 Å². The Bertz CT molecular complexity index is 1880. The minimum atomic E-state index is -0.0530. The van der Waals surface area contributed by atoms with Crippen molar-refractivity contribution >= 4 is 28.8 Å². The lowest BCUT2D eigenvalue weighted by atomic mass is 9.89. The molecule has 9 heteroatoms. The zero-order valence-corrected chi connectivity index (χ0v) is 26.2. The summed E-state index contributed by atoms with van der Waals surface area (Å²) < 4.78 is 1.57. The lowest BCUT2D eigenvalue weighted by molar-refractivity contribution is -0.119. The predicted octanol–water partition coefficient (Wildman–Crippen LogP) is 5.96. The number of rotatable bonds is 9. The monoisotopic (exact) mass is 611 g/mol. The maximum Gasteiger partial charge on any atom is 0.250 e. The van der Waals surface area contributed by atoms with Gasteiger partial charge in [-0.1, -0.05) is 42.5 Å². The molecule has 1 fully saturated rings. The smallest absolute Gasteiger partial charge is 0.250 e. The highest BCUT2D eigenvalue weighted by Gasteiger charge is 2.30. The fourth-order valence-corrected chi connectivity index (χ4v) is 6.29. The molecule has 232 valence electrons. The molecule has 0 bridgehead atoms. The van der Waals surface area contributed by atoms with Gasteiger partial charge in [0.2, 0.25) is 17.4 Å². The van der Waals surface area contributed by atoms with Gasteiger partial charge in [-0.2, -0.15) is 5.26 Å². The summed E-state index contributed by atoms with van der Waals surface area (Å²) in [5, 5.41) is 13.1. The van der Waals surface area contributed by atoms with E-state index in [0.717, 1.165) is 59.3 Å². The third-order valence-corrected chi connectivity index (χ3v) is 8.79. The van der Waals surface area contributed by atoms with Gasteiger partial charge in [-0.25, -0.2) is 9.97 Å². The molecule has 2 aromatic heterocycles. The average Bonchev–Trinajstić information content (AvgIpc) is 3.52. The van der Waals surface area contributed by atoms with E-state index >= 15 is 0 Å². The van der Waals surface area contributed by atoms with Gasteiger partial charge >= 0.3 is 0 Å². The number of aliphatic imine (C=N–C) groups is 1. The number of nitrogens with one attached hydrogen (secondary N) is 1. The van der Waals surface area contributed by atoms with Crippen molar-refractivity contribution in [2.75, 3.05) is 16.8 Å². The van der Waals surface area contributed by atoms with E-state index in [1.165, 1.54) is 0 Å². The van der Waals surface area contributed by atoms with Crippen LogP contribution in [0.5, 0.6) is 0 Å². The second-order valence-corrected chi connectivity index (χ2v) is 12.0. The molecule has 0 spiro atoms. The van der Waals surface area contributed by atoms with Crippen LogP contribution in [0, 0.1) is 11.3 Å². The van der Waals surface area contributed by atoms with Gasteiger partial charge in [0.05, 0.1) is 24.0 Å². The molecule has 0 atom stereocenters. The van der Waals surface area contributed by atoms with Crippen LogP contribution in [0.25, 0.3) is 16.7 Å². The van der Waals surface area contributed by atoms with Gasteiger partial charge in [0.25, 0.3) is 0 Å². The number of hydrogen-bond donors (Lipinski definition) is 1. The van der Waals surface area contributed by atoms with E-state index in [-0.39, 0.29) is 23.6 Å². The van der Waals surface area contributed by atoms with Gasteiger partial charge in [-0.3, -0.25) is 14.6 Å². The summed E-state index contributed by atoms with van der Waals surface area (Å²) in [5.41, 5.74) is 6.83. The van der Waals surface area contributed by atoms with E-state index in [0.29, 0.717) is 36.6 Å². The minimum absolute atomic E-state index is 0.0530. The predicted molar refractivity (Wildman–Crippen MR) is 182 cm³/mol. The molecule has 46 heavy (non-hydrogen) atoms. The Kier molecular flexibility index (Phi) is 9.15. The SMILES string of the molecule is CC1=NCC(c2nc(NC3CCC(N(C(=O)CCc4ccccc4)c4ccc(-c5ccc(=O)n(C)c5)cc4)CC3)ncc2C#N)=C1. The molecule has 6 rings (SSSR count). The molecule has 1 saturated carbocycles. The van der Waals surface area contributed by atoms with E-state index in [4.69, 9.17) is 4.98 Å². The van der Waals surface area contributed by atoms with Crippen molar-refractivity contribution in [3.63, 3.8) is 0 Å². The molecular formula is C37H37N7O2. The zero-order chi connectivity index (χ0) is 32.0. The van der Waals surface area contributed by atoms with Crippen LogP contribution in [0.15, 0.2) is 95.0 Å². The molecule has 3 heterocycles. The van der Waals surface area contributed by atoms with Gasteiger partial charge < -0.3 is 14.8 Å². The van der Waals surface area contributed by atoms with Crippen molar-refractivity contribution in [3.05, 3.63) is 112 Å². The van der Waals surface area contributed by atoms with Crippen LogP contribution in [0.4, 0.5) is 11.6 Å². The third kappa shape index (κ3) is 6.97. The molecule has 1 N–H and O–H groups in total. The standard InChI is InChI=1S/C37H37N7O2/c1-25-20-29(22-39-25)36-30(21-38)23-40-37(42-36)41-31-12-16-33(17-13-31)44(35(46)18-8-26-6-4-3-5-7-26)32-14-9-27(10-15-32)28-11-19-34(45)43(2)24-28/h3-7,9-11,14-15,19-20,23-24,31,33H,8,12-13,16-18,22H2,1-2H3,(H,40,41,42). The third-order valence-electron chi connectivity index (χ3n) is 8.79. The number of benzene rings is 2. The lowest BCUT2D eigenvalue weighted by Crippen LogP contribution is -2.44. The number of hydrogen-bond acceptors (Lipinski definition) is 7. The molecule has 1 amide bonds.